The van der Waals surface area contributed by atoms with Crippen LogP contribution in [0.5, 0.6) is 5.75 Å². The molecule has 6 heteroatoms. The van der Waals surface area contributed by atoms with E-state index in [0.29, 0.717) is 30.9 Å². The van der Waals surface area contributed by atoms with E-state index in [1.54, 1.807) is 4.90 Å². The van der Waals surface area contributed by atoms with E-state index in [2.05, 4.69) is 10.6 Å². The average molecular weight is 371 g/mol. The molecule has 146 valence electrons. The van der Waals surface area contributed by atoms with Gasteiger partial charge in [-0.15, -0.1) is 0 Å². The van der Waals surface area contributed by atoms with Crippen molar-refractivity contribution in [1.82, 2.24) is 15.5 Å². The zero-order valence-electron chi connectivity index (χ0n) is 15.7. The van der Waals surface area contributed by atoms with E-state index in [0.717, 1.165) is 25.7 Å². The highest BCUT2D eigenvalue weighted by atomic mass is 16.5. The summed E-state index contributed by atoms with van der Waals surface area (Å²) in [6.07, 6.45) is 6.24. The molecule has 3 aliphatic heterocycles. The Kier molecular flexibility index (Phi) is 5.62. The molecule has 2 bridgehead atoms. The first-order valence-electron chi connectivity index (χ1n) is 10.2. The fraction of sp³-hybridized carbons (Fsp3) is 0.619. The third-order valence-electron chi connectivity index (χ3n) is 6.07. The summed E-state index contributed by atoms with van der Waals surface area (Å²) in [5.41, 5.74) is 0. The second kappa shape index (κ2) is 8.30. The molecule has 0 saturated carbocycles. The molecule has 3 atom stereocenters. The first kappa shape index (κ1) is 18.3. The van der Waals surface area contributed by atoms with Crippen molar-refractivity contribution in [2.75, 3.05) is 19.7 Å². The normalized spacial score (nSPS) is 30.0. The van der Waals surface area contributed by atoms with Gasteiger partial charge in [-0.25, -0.2) is 0 Å². The second-order valence-corrected chi connectivity index (χ2v) is 8.10. The van der Waals surface area contributed by atoms with E-state index in [9.17, 15) is 9.59 Å². The molecule has 6 nitrogen and oxygen atoms in total. The molecule has 3 fully saturated rings. The fourth-order valence-corrected chi connectivity index (χ4v) is 4.66. The highest BCUT2D eigenvalue weighted by molar-refractivity contribution is 5.82. The molecule has 27 heavy (non-hydrogen) atoms. The molecule has 1 aromatic rings. The number of carbonyl (C=O) groups excluding carboxylic acids is 2. The van der Waals surface area contributed by atoms with Gasteiger partial charge in [0.2, 0.25) is 5.91 Å². The van der Waals surface area contributed by atoms with Crippen molar-refractivity contribution >= 4 is 11.8 Å². The van der Waals surface area contributed by atoms with Crippen LogP contribution in [0.3, 0.4) is 0 Å². The summed E-state index contributed by atoms with van der Waals surface area (Å²) in [6.45, 7) is 1.23. The zero-order chi connectivity index (χ0) is 18.6. The quantitative estimate of drug-likeness (QED) is 0.827. The number of nitrogens with one attached hydrogen (secondary N) is 2. The number of nitrogens with zero attached hydrogens (tertiary/aromatic N) is 1. The van der Waals surface area contributed by atoms with Gasteiger partial charge < -0.3 is 20.3 Å². The Balaban J connectivity index is 1.25. The summed E-state index contributed by atoms with van der Waals surface area (Å²) >= 11 is 0. The van der Waals surface area contributed by atoms with E-state index in [-0.39, 0.29) is 30.4 Å². The van der Waals surface area contributed by atoms with Crippen LogP contribution < -0.4 is 15.4 Å². The number of amides is 2. The van der Waals surface area contributed by atoms with E-state index >= 15 is 0 Å². The molecule has 2 amide bonds. The van der Waals surface area contributed by atoms with Crippen LogP contribution in [0, 0.1) is 5.92 Å². The number of piperidine rings is 2. The van der Waals surface area contributed by atoms with Crippen LogP contribution in [0.25, 0.3) is 0 Å². The smallest absolute Gasteiger partial charge is 0.260 e. The summed E-state index contributed by atoms with van der Waals surface area (Å²) in [5, 5.41) is 6.86. The Morgan fingerprint density at radius 1 is 1.11 bits per heavy atom. The lowest BCUT2D eigenvalue weighted by molar-refractivity contribution is -0.137. The lowest BCUT2D eigenvalue weighted by Gasteiger charge is -2.34. The number of hydrogen-bond donors (Lipinski definition) is 2. The lowest BCUT2D eigenvalue weighted by Crippen LogP contribution is -2.52. The standard InChI is InChI=1S/C21H29N3O3/c25-20(14-27-19-6-2-1-3-7-19)24-10-4-5-15(13-24)21(26)23-18-11-16-8-9-17(12-18)22-16/h1-3,6-7,15-18,22H,4-5,8-14H2,(H,23,26). The predicted octanol–water partition coefficient (Wildman–Crippen LogP) is 1.70. The van der Waals surface area contributed by atoms with Crippen molar-refractivity contribution in [3.8, 4) is 5.75 Å². The van der Waals surface area contributed by atoms with Crippen molar-refractivity contribution in [1.29, 1.82) is 0 Å². The van der Waals surface area contributed by atoms with Gasteiger partial charge in [-0.05, 0) is 50.7 Å². The SMILES string of the molecule is O=C(NC1CC2CCC(C1)N2)C1CCCN(C(=O)COc2ccccc2)C1. The van der Waals surface area contributed by atoms with Crippen molar-refractivity contribution in [2.45, 2.75) is 56.7 Å². The Morgan fingerprint density at radius 3 is 2.59 bits per heavy atom. The summed E-state index contributed by atoms with van der Waals surface area (Å²) in [6, 6.07) is 10.8. The average Bonchev–Trinajstić information content (AvgIpc) is 3.05. The summed E-state index contributed by atoms with van der Waals surface area (Å²) < 4.78 is 5.57. The van der Waals surface area contributed by atoms with E-state index in [1.807, 2.05) is 30.3 Å². The zero-order valence-corrected chi connectivity index (χ0v) is 15.7. The topological polar surface area (TPSA) is 70.7 Å². The van der Waals surface area contributed by atoms with Gasteiger partial charge in [0.15, 0.2) is 6.61 Å². The fourth-order valence-electron chi connectivity index (χ4n) is 4.66. The van der Waals surface area contributed by atoms with Gasteiger partial charge >= 0.3 is 0 Å². The van der Waals surface area contributed by atoms with E-state index < -0.39 is 0 Å². The maximum absolute atomic E-state index is 12.7. The van der Waals surface area contributed by atoms with Crippen molar-refractivity contribution in [2.24, 2.45) is 5.92 Å². The highest BCUT2D eigenvalue weighted by Gasteiger charge is 2.36. The minimum atomic E-state index is -0.105. The van der Waals surface area contributed by atoms with Gasteiger partial charge in [-0.3, -0.25) is 9.59 Å². The lowest BCUT2D eigenvalue weighted by atomic mass is 9.94. The number of carbonyl (C=O) groups is 2. The molecule has 3 saturated heterocycles. The summed E-state index contributed by atoms with van der Waals surface area (Å²) in [5.74, 6) is 0.656. The Bertz CT molecular complexity index is 654. The minimum absolute atomic E-state index is 0.0238. The number of likely N-dealkylation sites (tertiary alicyclic amines) is 1. The van der Waals surface area contributed by atoms with Gasteiger partial charge in [0.1, 0.15) is 5.75 Å². The summed E-state index contributed by atoms with van der Waals surface area (Å²) in [7, 11) is 0. The maximum atomic E-state index is 12.7. The molecular formula is C21H29N3O3. The Morgan fingerprint density at radius 2 is 1.85 bits per heavy atom. The number of fused-ring (bicyclic) bond motifs is 2. The van der Waals surface area contributed by atoms with Crippen LogP contribution in [0.4, 0.5) is 0 Å². The number of benzene rings is 1. The van der Waals surface area contributed by atoms with Crippen LogP contribution in [-0.2, 0) is 9.59 Å². The monoisotopic (exact) mass is 371 g/mol. The highest BCUT2D eigenvalue weighted by Crippen LogP contribution is 2.27. The van der Waals surface area contributed by atoms with Crippen LogP contribution in [0.15, 0.2) is 30.3 Å². The van der Waals surface area contributed by atoms with Gasteiger partial charge in [-0.1, -0.05) is 18.2 Å². The molecule has 3 heterocycles. The largest absolute Gasteiger partial charge is 0.484 e. The van der Waals surface area contributed by atoms with Crippen molar-refractivity contribution in [3.05, 3.63) is 30.3 Å². The van der Waals surface area contributed by atoms with Crippen LogP contribution >= 0.6 is 0 Å². The minimum Gasteiger partial charge on any atom is -0.484 e. The van der Waals surface area contributed by atoms with Gasteiger partial charge in [0.05, 0.1) is 5.92 Å². The molecule has 0 aromatic heterocycles. The van der Waals surface area contributed by atoms with E-state index in [4.69, 9.17) is 4.74 Å². The van der Waals surface area contributed by atoms with E-state index in [1.165, 1.54) is 12.8 Å². The van der Waals surface area contributed by atoms with Crippen LogP contribution in [0.1, 0.15) is 38.5 Å². The first-order valence-corrected chi connectivity index (χ1v) is 10.2. The van der Waals surface area contributed by atoms with Crippen molar-refractivity contribution < 1.29 is 14.3 Å². The molecule has 1 aromatic carbocycles. The molecule has 0 spiro atoms. The molecule has 0 radical (unpaired) electrons. The number of ether oxygens (including phenoxy) is 1. The molecule has 2 N–H and O–H groups in total. The van der Waals surface area contributed by atoms with Gasteiger partial charge in [-0.2, -0.15) is 0 Å². The second-order valence-electron chi connectivity index (χ2n) is 8.10. The van der Waals surface area contributed by atoms with Crippen molar-refractivity contribution in [3.63, 3.8) is 0 Å². The first-order chi connectivity index (χ1) is 13.2. The molecule has 3 aliphatic rings. The molecule has 3 unspecified atom stereocenters. The third kappa shape index (κ3) is 4.61. The summed E-state index contributed by atoms with van der Waals surface area (Å²) in [4.78, 5) is 27.0. The third-order valence-corrected chi connectivity index (χ3v) is 6.07. The molecule has 4 rings (SSSR count). The Labute approximate surface area is 160 Å². The Hall–Kier alpha value is -2.08. The van der Waals surface area contributed by atoms with Gasteiger partial charge in [0.25, 0.3) is 5.91 Å². The number of hydrogen-bond acceptors (Lipinski definition) is 4. The maximum Gasteiger partial charge on any atom is 0.260 e. The van der Waals surface area contributed by atoms with Gasteiger partial charge in [0, 0.05) is 31.2 Å². The molecule has 0 aliphatic carbocycles. The number of rotatable bonds is 5. The van der Waals surface area contributed by atoms with Crippen LogP contribution in [-0.4, -0.2) is 54.5 Å². The van der Waals surface area contributed by atoms with Crippen LogP contribution in [0.2, 0.25) is 0 Å². The predicted molar refractivity (Wildman–Crippen MR) is 102 cm³/mol. The number of para-hydroxylation sites is 1. The molecular weight excluding hydrogens is 342 g/mol.